The first-order chi connectivity index (χ1) is 9.20. The Morgan fingerprint density at radius 2 is 1.89 bits per heavy atom. The van der Waals surface area contributed by atoms with Gasteiger partial charge in [-0.15, -0.1) is 11.6 Å². The Hall–Kier alpha value is -1.39. The molecule has 19 heavy (non-hydrogen) atoms. The highest BCUT2D eigenvalue weighted by Gasteiger charge is 2.10. The number of hydrogen-bond donors (Lipinski definition) is 1. The quantitative estimate of drug-likeness (QED) is 0.866. The molecule has 98 valence electrons. The molecule has 5 heteroatoms. The Kier molecular flexibility index (Phi) is 4.93. The zero-order chi connectivity index (χ0) is 13.7. The van der Waals surface area contributed by atoms with Crippen LogP contribution in [0.2, 0.25) is 0 Å². The van der Waals surface area contributed by atoms with E-state index in [1.807, 2.05) is 24.3 Å². The molecule has 0 fully saturated rings. The average molecular weight is 340 g/mol. The Morgan fingerprint density at radius 1 is 1.21 bits per heavy atom. The van der Waals surface area contributed by atoms with E-state index in [1.54, 1.807) is 18.3 Å². The molecule has 0 unspecified atom stereocenters. The summed E-state index contributed by atoms with van der Waals surface area (Å²) >= 11 is 9.03. The van der Waals surface area contributed by atoms with Crippen LogP contribution in [0.3, 0.4) is 0 Å². The molecule has 0 aliphatic rings. The van der Waals surface area contributed by atoms with Crippen LogP contribution in [0.4, 0.5) is 0 Å². The number of halogens is 2. The number of carbonyl (C=O) groups is 1. The Bertz CT molecular complexity index is 572. The van der Waals surface area contributed by atoms with Crippen LogP contribution in [-0.2, 0) is 12.4 Å². The van der Waals surface area contributed by atoms with Crippen LogP contribution in [0.5, 0.6) is 0 Å². The average Bonchev–Trinajstić information content (AvgIpc) is 2.46. The molecule has 1 aromatic heterocycles. The van der Waals surface area contributed by atoms with E-state index >= 15 is 0 Å². The molecule has 0 bridgehead atoms. The summed E-state index contributed by atoms with van der Waals surface area (Å²) < 4.78 is 0.685. The zero-order valence-electron chi connectivity index (χ0n) is 10.1. The van der Waals surface area contributed by atoms with Crippen molar-refractivity contribution in [1.82, 2.24) is 10.3 Å². The molecule has 0 saturated carbocycles. The number of amides is 1. The van der Waals surface area contributed by atoms with Gasteiger partial charge in [0.05, 0.1) is 0 Å². The molecular weight excluding hydrogens is 328 g/mol. The summed E-state index contributed by atoms with van der Waals surface area (Å²) in [5.41, 5.74) is 2.47. The highest BCUT2D eigenvalue weighted by Crippen LogP contribution is 2.13. The third kappa shape index (κ3) is 3.78. The van der Waals surface area contributed by atoms with Crippen molar-refractivity contribution in [3.05, 3.63) is 63.9 Å². The SMILES string of the molecule is O=C(NCc1ccc(CCl)cc1)c1ncccc1Br. The largest absolute Gasteiger partial charge is 0.347 e. The minimum atomic E-state index is -0.200. The van der Waals surface area contributed by atoms with E-state index in [0.717, 1.165) is 11.1 Å². The minimum Gasteiger partial charge on any atom is -0.347 e. The second-order valence-electron chi connectivity index (χ2n) is 3.97. The van der Waals surface area contributed by atoms with Crippen molar-refractivity contribution in [3.63, 3.8) is 0 Å². The van der Waals surface area contributed by atoms with Crippen molar-refractivity contribution < 1.29 is 4.79 Å². The third-order valence-corrected chi connectivity index (χ3v) is 3.55. The van der Waals surface area contributed by atoms with E-state index < -0.39 is 0 Å². The van der Waals surface area contributed by atoms with Crippen LogP contribution < -0.4 is 5.32 Å². The van der Waals surface area contributed by atoms with Gasteiger partial charge in [-0.25, -0.2) is 4.98 Å². The summed E-state index contributed by atoms with van der Waals surface area (Å²) in [7, 11) is 0. The first-order valence-electron chi connectivity index (χ1n) is 5.73. The molecule has 1 N–H and O–H groups in total. The second kappa shape index (κ2) is 6.68. The maximum Gasteiger partial charge on any atom is 0.271 e. The summed E-state index contributed by atoms with van der Waals surface area (Å²) in [5, 5.41) is 2.83. The van der Waals surface area contributed by atoms with Gasteiger partial charge in [0.2, 0.25) is 0 Å². The normalized spacial score (nSPS) is 10.2. The lowest BCUT2D eigenvalue weighted by atomic mass is 10.1. The smallest absolute Gasteiger partial charge is 0.271 e. The molecule has 2 aromatic rings. The monoisotopic (exact) mass is 338 g/mol. The van der Waals surface area contributed by atoms with Crippen LogP contribution in [0, 0.1) is 0 Å². The van der Waals surface area contributed by atoms with Gasteiger partial charge in [0.25, 0.3) is 5.91 Å². The standard InChI is InChI=1S/C14H12BrClN2O/c15-12-2-1-7-17-13(12)14(19)18-9-11-5-3-10(8-16)4-6-11/h1-7H,8-9H2,(H,18,19). The van der Waals surface area contributed by atoms with Crippen molar-refractivity contribution in [2.75, 3.05) is 0 Å². The summed E-state index contributed by atoms with van der Waals surface area (Å²) in [6, 6.07) is 11.4. The predicted molar refractivity (Wildman–Crippen MR) is 79.1 cm³/mol. The molecule has 0 aliphatic heterocycles. The number of nitrogens with zero attached hydrogens (tertiary/aromatic N) is 1. The number of rotatable bonds is 4. The zero-order valence-corrected chi connectivity index (χ0v) is 12.4. The third-order valence-electron chi connectivity index (χ3n) is 2.60. The van der Waals surface area contributed by atoms with Crippen LogP contribution in [0.1, 0.15) is 21.6 Å². The van der Waals surface area contributed by atoms with Crippen LogP contribution in [0.25, 0.3) is 0 Å². The van der Waals surface area contributed by atoms with Gasteiger partial charge in [-0.1, -0.05) is 24.3 Å². The first kappa shape index (κ1) is 14.0. The molecule has 0 saturated heterocycles. The summed E-state index contributed by atoms with van der Waals surface area (Å²) in [5.74, 6) is 0.293. The van der Waals surface area contributed by atoms with E-state index in [1.165, 1.54) is 0 Å². The Morgan fingerprint density at radius 3 is 2.53 bits per heavy atom. The van der Waals surface area contributed by atoms with E-state index in [0.29, 0.717) is 22.6 Å². The molecular formula is C14H12BrClN2O. The van der Waals surface area contributed by atoms with E-state index in [9.17, 15) is 4.79 Å². The van der Waals surface area contributed by atoms with Crippen molar-refractivity contribution in [2.24, 2.45) is 0 Å². The van der Waals surface area contributed by atoms with Gasteiger partial charge in [0, 0.05) is 23.1 Å². The fourth-order valence-electron chi connectivity index (χ4n) is 1.57. The molecule has 1 amide bonds. The van der Waals surface area contributed by atoms with Crippen molar-refractivity contribution >= 4 is 33.4 Å². The molecule has 2 rings (SSSR count). The van der Waals surface area contributed by atoms with Gasteiger partial charge in [0.1, 0.15) is 5.69 Å². The van der Waals surface area contributed by atoms with Gasteiger partial charge in [-0.3, -0.25) is 4.79 Å². The number of pyridine rings is 1. The van der Waals surface area contributed by atoms with Crippen LogP contribution >= 0.6 is 27.5 Å². The van der Waals surface area contributed by atoms with Crippen molar-refractivity contribution in [2.45, 2.75) is 12.4 Å². The molecule has 1 heterocycles. The first-order valence-corrected chi connectivity index (χ1v) is 7.06. The Balaban J connectivity index is 1.98. The Labute approximate surface area is 125 Å². The van der Waals surface area contributed by atoms with Crippen LogP contribution in [0.15, 0.2) is 47.1 Å². The number of nitrogens with one attached hydrogen (secondary N) is 1. The molecule has 0 spiro atoms. The predicted octanol–water partition coefficient (Wildman–Crippen LogP) is 3.51. The molecule has 3 nitrogen and oxygen atoms in total. The van der Waals surface area contributed by atoms with E-state index in [-0.39, 0.29) is 5.91 Å². The number of alkyl halides is 1. The lowest BCUT2D eigenvalue weighted by molar-refractivity contribution is 0.0945. The molecule has 0 radical (unpaired) electrons. The maximum atomic E-state index is 11.9. The van der Waals surface area contributed by atoms with Gasteiger partial charge in [-0.05, 0) is 39.2 Å². The lowest BCUT2D eigenvalue weighted by Gasteiger charge is -2.06. The minimum absolute atomic E-state index is 0.200. The van der Waals surface area contributed by atoms with E-state index in [4.69, 9.17) is 11.6 Å². The second-order valence-corrected chi connectivity index (χ2v) is 5.09. The topological polar surface area (TPSA) is 42.0 Å². The van der Waals surface area contributed by atoms with Gasteiger partial charge in [0.15, 0.2) is 0 Å². The highest BCUT2D eigenvalue weighted by molar-refractivity contribution is 9.10. The fraction of sp³-hybridized carbons (Fsp3) is 0.143. The summed E-state index contributed by atoms with van der Waals surface area (Å²) in [6.07, 6.45) is 1.59. The van der Waals surface area contributed by atoms with Gasteiger partial charge >= 0.3 is 0 Å². The van der Waals surface area contributed by atoms with Gasteiger partial charge < -0.3 is 5.32 Å². The number of hydrogen-bond acceptors (Lipinski definition) is 2. The maximum absolute atomic E-state index is 11.9. The van der Waals surface area contributed by atoms with Gasteiger partial charge in [-0.2, -0.15) is 0 Å². The van der Waals surface area contributed by atoms with Crippen molar-refractivity contribution in [1.29, 1.82) is 0 Å². The molecule has 1 aromatic carbocycles. The fourth-order valence-corrected chi connectivity index (χ4v) is 2.18. The van der Waals surface area contributed by atoms with Crippen LogP contribution in [-0.4, -0.2) is 10.9 Å². The van der Waals surface area contributed by atoms with E-state index in [2.05, 4.69) is 26.2 Å². The number of carbonyl (C=O) groups excluding carboxylic acids is 1. The van der Waals surface area contributed by atoms with Crippen molar-refractivity contribution in [3.8, 4) is 0 Å². The summed E-state index contributed by atoms with van der Waals surface area (Å²) in [6.45, 7) is 0.463. The molecule has 0 atom stereocenters. The number of aromatic nitrogens is 1. The summed E-state index contributed by atoms with van der Waals surface area (Å²) in [4.78, 5) is 16.0. The molecule has 0 aliphatic carbocycles. The highest BCUT2D eigenvalue weighted by atomic mass is 79.9. The lowest BCUT2D eigenvalue weighted by Crippen LogP contribution is -2.24. The number of benzene rings is 1.